The molecule has 3 rings (SSSR count). The Hall–Kier alpha value is -0.920. The molecule has 1 atom stereocenters. The lowest BCUT2D eigenvalue weighted by Gasteiger charge is -2.23. The Morgan fingerprint density at radius 1 is 1.00 bits per heavy atom. The molecule has 1 saturated heterocycles. The third kappa shape index (κ3) is 3.00. The zero-order chi connectivity index (χ0) is 15.1. The van der Waals surface area contributed by atoms with Gasteiger partial charge in [-0.05, 0) is 37.8 Å². The highest BCUT2D eigenvalue weighted by molar-refractivity contribution is 7.92. The fourth-order valence-electron chi connectivity index (χ4n) is 2.85. The number of sulfone groups is 1. The Labute approximate surface area is 125 Å². The van der Waals surface area contributed by atoms with Crippen molar-refractivity contribution >= 4 is 19.9 Å². The van der Waals surface area contributed by atoms with Crippen molar-refractivity contribution in [3.8, 4) is 0 Å². The van der Waals surface area contributed by atoms with Crippen LogP contribution in [0.3, 0.4) is 0 Å². The molecule has 1 aliphatic carbocycles. The zero-order valence-electron chi connectivity index (χ0n) is 11.7. The Balaban J connectivity index is 1.81. The molecule has 2 fully saturated rings. The SMILES string of the molecule is O=S(=O)(C[C@H]1CCCN1S(=O)(=O)C1CC1)c1ccccc1. The third-order valence-corrected chi connectivity index (χ3v) is 8.37. The monoisotopic (exact) mass is 329 g/mol. The Kier molecular flexibility index (Phi) is 3.83. The molecule has 5 nitrogen and oxygen atoms in total. The lowest BCUT2D eigenvalue weighted by molar-refractivity contribution is 0.407. The molecule has 7 heteroatoms. The van der Waals surface area contributed by atoms with Gasteiger partial charge in [0.05, 0.1) is 15.9 Å². The van der Waals surface area contributed by atoms with Gasteiger partial charge in [0, 0.05) is 12.6 Å². The molecule has 21 heavy (non-hydrogen) atoms. The van der Waals surface area contributed by atoms with Gasteiger partial charge in [0.2, 0.25) is 10.0 Å². The summed E-state index contributed by atoms with van der Waals surface area (Å²) in [7, 11) is -6.75. The lowest BCUT2D eigenvalue weighted by atomic mass is 10.3. The highest BCUT2D eigenvalue weighted by atomic mass is 32.2. The van der Waals surface area contributed by atoms with Gasteiger partial charge in [0.1, 0.15) is 0 Å². The summed E-state index contributed by atoms with van der Waals surface area (Å²) in [6.45, 7) is 0.452. The quantitative estimate of drug-likeness (QED) is 0.819. The molecular formula is C14H19NO4S2. The van der Waals surface area contributed by atoms with Crippen molar-refractivity contribution in [1.82, 2.24) is 4.31 Å². The molecule has 116 valence electrons. The molecule has 0 spiro atoms. The van der Waals surface area contributed by atoms with Crippen LogP contribution in [0.2, 0.25) is 0 Å². The first-order valence-corrected chi connectivity index (χ1v) is 10.4. The summed E-state index contributed by atoms with van der Waals surface area (Å²) in [5.41, 5.74) is 0. The second-order valence-corrected chi connectivity index (χ2v) is 9.95. The second kappa shape index (κ2) is 5.37. The van der Waals surface area contributed by atoms with E-state index in [0.717, 1.165) is 6.42 Å². The van der Waals surface area contributed by atoms with E-state index in [9.17, 15) is 16.8 Å². The lowest BCUT2D eigenvalue weighted by Crippen LogP contribution is -2.41. The van der Waals surface area contributed by atoms with E-state index in [1.807, 2.05) is 0 Å². The zero-order valence-corrected chi connectivity index (χ0v) is 13.3. The van der Waals surface area contributed by atoms with Crippen molar-refractivity contribution in [1.29, 1.82) is 0 Å². The van der Waals surface area contributed by atoms with Crippen LogP contribution in [0.1, 0.15) is 25.7 Å². The van der Waals surface area contributed by atoms with E-state index in [2.05, 4.69) is 0 Å². The Morgan fingerprint density at radius 2 is 1.67 bits per heavy atom. The number of hydrogen-bond acceptors (Lipinski definition) is 4. The number of sulfonamides is 1. The summed E-state index contributed by atoms with van der Waals surface area (Å²) >= 11 is 0. The average Bonchev–Trinajstić information content (AvgIpc) is 3.21. The summed E-state index contributed by atoms with van der Waals surface area (Å²) in [6.07, 6.45) is 2.77. The molecule has 0 N–H and O–H groups in total. The minimum Gasteiger partial charge on any atom is -0.224 e. The fraction of sp³-hybridized carbons (Fsp3) is 0.571. The topological polar surface area (TPSA) is 71.5 Å². The van der Waals surface area contributed by atoms with Crippen molar-refractivity contribution in [2.45, 2.75) is 41.9 Å². The summed E-state index contributed by atoms with van der Waals surface area (Å²) in [5.74, 6) is -0.122. The molecule has 0 amide bonds. The molecule has 1 aromatic carbocycles. The molecule has 1 saturated carbocycles. The maximum absolute atomic E-state index is 12.4. The maximum Gasteiger partial charge on any atom is 0.217 e. The standard InChI is InChI=1S/C14H19NO4S2/c16-20(17,13-6-2-1-3-7-13)11-12-5-4-10-15(12)21(18,19)14-8-9-14/h1-3,6-7,12,14H,4-5,8-11H2/t12-/m1/s1. The number of rotatable bonds is 5. The van der Waals surface area contributed by atoms with E-state index < -0.39 is 25.9 Å². The van der Waals surface area contributed by atoms with E-state index in [1.54, 1.807) is 30.3 Å². The van der Waals surface area contributed by atoms with Crippen molar-refractivity contribution in [2.75, 3.05) is 12.3 Å². The smallest absolute Gasteiger partial charge is 0.217 e. The fourth-order valence-corrected chi connectivity index (χ4v) is 6.65. The predicted octanol–water partition coefficient (Wildman–Crippen LogP) is 1.42. The number of nitrogens with zero attached hydrogens (tertiary/aromatic N) is 1. The van der Waals surface area contributed by atoms with Gasteiger partial charge >= 0.3 is 0 Å². The van der Waals surface area contributed by atoms with Crippen molar-refractivity contribution in [3.63, 3.8) is 0 Å². The molecule has 1 aromatic rings. The van der Waals surface area contributed by atoms with Gasteiger partial charge in [-0.15, -0.1) is 0 Å². The first-order chi connectivity index (χ1) is 9.91. The first-order valence-electron chi connectivity index (χ1n) is 7.20. The van der Waals surface area contributed by atoms with E-state index >= 15 is 0 Å². The highest BCUT2D eigenvalue weighted by Gasteiger charge is 2.45. The summed E-state index contributed by atoms with van der Waals surface area (Å²) < 4.78 is 51.0. The van der Waals surface area contributed by atoms with Crippen LogP contribution in [-0.2, 0) is 19.9 Å². The van der Waals surface area contributed by atoms with Gasteiger partial charge in [0.15, 0.2) is 9.84 Å². The van der Waals surface area contributed by atoms with E-state index in [1.165, 1.54) is 4.31 Å². The Morgan fingerprint density at radius 3 is 2.29 bits per heavy atom. The maximum atomic E-state index is 12.4. The van der Waals surface area contributed by atoms with E-state index in [0.29, 0.717) is 25.8 Å². The minimum absolute atomic E-state index is 0.122. The van der Waals surface area contributed by atoms with Gasteiger partial charge in [-0.3, -0.25) is 0 Å². The van der Waals surface area contributed by atoms with Crippen LogP contribution in [0, 0.1) is 0 Å². The Bertz CT molecular complexity index is 709. The number of hydrogen-bond donors (Lipinski definition) is 0. The van der Waals surface area contributed by atoms with Gasteiger partial charge < -0.3 is 0 Å². The third-order valence-electron chi connectivity index (χ3n) is 4.11. The average molecular weight is 329 g/mol. The summed E-state index contributed by atoms with van der Waals surface area (Å²) in [5, 5.41) is -0.280. The van der Waals surface area contributed by atoms with Crippen molar-refractivity contribution < 1.29 is 16.8 Å². The highest BCUT2D eigenvalue weighted by Crippen LogP contribution is 2.35. The summed E-state index contributed by atoms with van der Waals surface area (Å²) in [4.78, 5) is 0.265. The van der Waals surface area contributed by atoms with Crippen LogP contribution in [0.25, 0.3) is 0 Å². The molecule has 1 heterocycles. The summed E-state index contributed by atoms with van der Waals surface area (Å²) in [6, 6.07) is 7.83. The van der Waals surface area contributed by atoms with Crippen LogP contribution in [0.4, 0.5) is 0 Å². The largest absolute Gasteiger partial charge is 0.224 e. The van der Waals surface area contributed by atoms with Crippen LogP contribution in [0.5, 0.6) is 0 Å². The van der Waals surface area contributed by atoms with Crippen molar-refractivity contribution in [3.05, 3.63) is 30.3 Å². The van der Waals surface area contributed by atoms with Gasteiger partial charge in [0.25, 0.3) is 0 Å². The minimum atomic E-state index is -3.45. The number of benzene rings is 1. The molecular weight excluding hydrogens is 310 g/mol. The molecule has 0 aromatic heterocycles. The molecule has 0 bridgehead atoms. The van der Waals surface area contributed by atoms with Crippen molar-refractivity contribution in [2.24, 2.45) is 0 Å². The molecule has 0 radical (unpaired) electrons. The molecule has 0 unspecified atom stereocenters. The van der Waals surface area contributed by atoms with Gasteiger partial charge in [-0.2, -0.15) is 4.31 Å². The molecule has 1 aliphatic heterocycles. The van der Waals surface area contributed by atoms with Crippen LogP contribution in [0.15, 0.2) is 35.2 Å². The predicted molar refractivity (Wildman–Crippen MR) is 80.2 cm³/mol. The van der Waals surface area contributed by atoms with Crippen LogP contribution < -0.4 is 0 Å². The van der Waals surface area contributed by atoms with Gasteiger partial charge in [-0.1, -0.05) is 18.2 Å². The van der Waals surface area contributed by atoms with E-state index in [-0.39, 0.29) is 15.9 Å². The molecule has 2 aliphatic rings. The normalized spacial score (nSPS) is 24.3. The van der Waals surface area contributed by atoms with E-state index in [4.69, 9.17) is 0 Å². The second-order valence-electron chi connectivity index (χ2n) is 5.75. The first kappa shape index (κ1) is 15.0. The van der Waals surface area contributed by atoms with Gasteiger partial charge in [-0.25, -0.2) is 16.8 Å². The van der Waals surface area contributed by atoms with Crippen LogP contribution in [-0.4, -0.2) is 44.7 Å². The van der Waals surface area contributed by atoms with Crippen LogP contribution >= 0.6 is 0 Å².